The molecule has 0 aromatic heterocycles. The number of carbonyl (C=O) groups excluding carboxylic acids is 2. The number of rotatable bonds is 15. The third-order valence-corrected chi connectivity index (χ3v) is 9.12. The molecule has 0 unspecified atom stereocenters. The zero-order chi connectivity index (χ0) is 39.9. The SMILES string of the molecule is CCOC(=O)[C@H](C)C[C@H](N)Cc1ccc(-c2ccccc2)cc1.C[C@H](C[C@@H](Cc1ccc(-c2ccccc2)cc1)NC(=O)c1cc(F)c(O)c(F)c1)C(=O)O. The van der Waals surface area contributed by atoms with Crippen molar-refractivity contribution < 1.29 is 38.1 Å². The third-order valence-electron chi connectivity index (χ3n) is 9.12. The summed E-state index contributed by atoms with van der Waals surface area (Å²) in [6, 6.07) is 37.0. The molecular formula is C45H48F2N2O6. The average molecular weight is 751 g/mol. The molecule has 0 aliphatic carbocycles. The number of hydrogen-bond donors (Lipinski definition) is 4. The molecule has 10 heteroatoms. The summed E-state index contributed by atoms with van der Waals surface area (Å²) in [6.45, 7) is 5.63. The minimum Gasteiger partial charge on any atom is -0.503 e. The average Bonchev–Trinajstić information content (AvgIpc) is 3.18. The highest BCUT2D eigenvalue weighted by molar-refractivity contribution is 5.94. The molecule has 288 valence electrons. The summed E-state index contributed by atoms with van der Waals surface area (Å²) in [7, 11) is 0. The molecule has 8 nitrogen and oxygen atoms in total. The lowest BCUT2D eigenvalue weighted by Crippen LogP contribution is -2.38. The van der Waals surface area contributed by atoms with Crippen LogP contribution in [0.5, 0.6) is 5.75 Å². The van der Waals surface area contributed by atoms with Gasteiger partial charge in [0.25, 0.3) is 5.91 Å². The van der Waals surface area contributed by atoms with Gasteiger partial charge in [-0.2, -0.15) is 0 Å². The first-order chi connectivity index (χ1) is 26.3. The van der Waals surface area contributed by atoms with E-state index >= 15 is 0 Å². The van der Waals surface area contributed by atoms with E-state index in [0.29, 0.717) is 19.4 Å². The predicted octanol–water partition coefficient (Wildman–Crippen LogP) is 8.60. The number of phenols is 1. The number of aliphatic carboxylic acids is 1. The van der Waals surface area contributed by atoms with Crippen molar-refractivity contribution in [2.24, 2.45) is 17.6 Å². The summed E-state index contributed by atoms with van der Waals surface area (Å²) in [6.07, 6.45) is 1.87. The number of halogens is 2. The van der Waals surface area contributed by atoms with E-state index in [1.165, 1.54) is 23.6 Å². The second-order valence-electron chi connectivity index (χ2n) is 13.6. The Morgan fingerprint density at radius 2 is 1.15 bits per heavy atom. The number of phenolic OH excluding ortho intramolecular Hbond substituents is 1. The van der Waals surface area contributed by atoms with Crippen LogP contribution in [0.2, 0.25) is 0 Å². The molecule has 0 aliphatic heterocycles. The number of carboxylic acids is 1. The smallest absolute Gasteiger partial charge is 0.308 e. The second kappa shape index (κ2) is 20.5. The number of aromatic hydroxyl groups is 1. The van der Waals surface area contributed by atoms with Gasteiger partial charge in [-0.25, -0.2) is 8.78 Å². The molecule has 0 fully saturated rings. The van der Waals surface area contributed by atoms with Gasteiger partial charge in [0.15, 0.2) is 17.4 Å². The Hall–Kier alpha value is -5.87. The molecule has 0 spiro atoms. The molecule has 0 saturated carbocycles. The Morgan fingerprint density at radius 3 is 1.60 bits per heavy atom. The normalized spacial score (nSPS) is 13.0. The number of nitrogens with one attached hydrogen (secondary N) is 1. The Bertz CT molecular complexity index is 1970. The van der Waals surface area contributed by atoms with Crippen molar-refractivity contribution in [3.8, 4) is 28.0 Å². The zero-order valence-electron chi connectivity index (χ0n) is 31.3. The summed E-state index contributed by atoms with van der Waals surface area (Å²) in [5.74, 6) is -6.48. The van der Waals surface area contributed by atoms with Crippen LogP contribution in [0, 0.1) is 23.5 Å². The fourth-order valence-corrected chi connectivity index (χ4v) is 6.12. The van der Waals surface area contributed by atoms with Crippen molar-refractivity contribution in [2.75, 3.05) is 6.61 Å². The van der Waals surface area contributed by atoms with Crippen molar-refractivity contribution in [3.63, 3.8) is 0 Å². The maximum Gasteiger partial charge on any atom is 0.308 e. The van der Waals surface area contributed by atoms with Crippen LogP contribution in [0.25, 0.3) is 22.3 Å². The van der Waals surface area contributed by atoms with Gasteiger partial charge in [0.1, 0.15) is 0 Å². The van der Waals surface area contributed by atoms with E-state index in [2.05, 4.69) is 41.7 Å². The minimum atomic E-state index is -1.25. The quantitative estimate of drug-likeness (QED) is 0.0787. The number of carbonyl (C=O) groups is 3. The van der Waals surface area contributed by atoms with Crippen molar-refractivity contribution in [1.29, 1.82) is 0 Å². The van der Waals surface area contributed by atoms with Crippen LogP contribution in [0.4, 0.5) is 8.78 Å². The van der Waals surface area contributed by atoms with E-state index < -0.39 is 41.2 Å². The van der Waals surface area contributed by atoms with Gasteiger partial charge in [0.2, 0.25) is 0 Å². The Morgan fingerprint density at radius 1 is 0.691 bits per heavy atom. The molecule has 0 bridgehead atoms. The maximum absolute atomic E-state index is 13.6. The largest absolute Gasteiger partial charge is 0.503 e. The van der Waals surface area contributed by atoms with Crippen LogP contribution in [0.15, 0.2) is 121 Å². The molecule has 4 atom stereocenters. The minimum absolute atomic E-state index is 0.0445. The first-order valence-corrected chi connectivity index (χ1v) is 18.3. The van der Waals surface area contributed by atoms with Crippen molar-refractivity contribution in [1.82, 2.24) is 5.32 Å². The van der Waals surface area contributed by atoms with Crippen molar-refractivity contribution >= 4 is 17.8 Å². The molecule has 55 heavy (non-hydrogen) atoms. The Kier molecular flexibility index (Phi) is 15.6. The zero-order valence-corrected chi connectivity index (χ0v) is 31.3. The lowest BCUT2D eigenvalue weighted by molar-refractivity contribution is -0.147. The first-order valence-electron chi connectivity index (χ1n) is 18.3. The summed E-state index contributed by atoms with van der Waals surface area (Å²) in [5, 5.41) is 21.2. The third kappa shape index (κ3) is 12.9. The predicted molar refractivity (Wildman–Crippen MR) is 210 cm³/mol. The van der Waals surface area contributed by atoms with E-state index in [0.717, 1.165) is 35.2 Å². The summed E-state index contributed by atoms with van der Waals surface area (Å²) >= 11 is 0. The van der Waals surface area contributed by atoms with Crippen LogP contribution in [-0.2, 0) is 27.2 Å². The van der Waals surface area contributed by atoms with E-state index in [4.69, 9.17) is 10.5 Å². The lowest BCUT2D eigenvalue weighted by atomic mass is 9.94. The van der Waals surface area contributed by atoms with Crippen LogP contribution >= 0.6 is 0 Å². The number of ether oxygens (including phenoxy) is 1. The number of hydrogen-bond acceptors (Lipinski definition) is 6. The van der Waals surface area contributed by atoms with Gasteiger partial charge in [-0.15, -0.1) is 0 Å². The van der Waals surface area contributed by atoms with Gasteiger partial charge in [-0.05, 0) is 78.1 Å². The number of benzene rings is 5. The van der Waals surface area contributed by atoms with Crippen LogP contribution < -0.4 is 11.1 Å². The van der Waals surface area contributed by atoms with E-state index in [1.54, 1.807) is 0 Å². The molecule has 0 radical (unpaired) electrons. The fraction of sp³-hybridized carbons (Fsp3) is 0.267. The monoisotopic (exact) mass is 750 g/mol. The fourth-order valence-electron chi connectivity index (χ4n) is 6.12. The number of amides is 1. The van der Waals surface area contributed by atoms with Gasteiger partial charge < -0.3 is 26.0 Å². The summed E-state index contributed by atoms with van der Waals surface area (Å²) < 4.78 is 32.3. The van der Waals surface area contributed by atoms with Crippen LogP contribution in [0.1, 0.15) is 55.1 Å². The molecule has 5 N–H and O–H groups in total. The second-order valence-corrected chi connectivity index (χ2v) is 13.6. The van der Waals surface area contributed by atoms with E-state index in [-0.39, 0.29) is 29.9 Å². The molecule has 0 heterocycles. The lowest BCUT2D eigenvalue weighted by Gasteiger charge is -2.21. The highest BCUT2D eigenvalue weighted by atomic mass is 19.1. The summed E-state index contributed by atoms with van der Waals surface area (Å²) in [4.78, 5) is 35.6. The standard InChI is InChI=1S/C25H23F2NO4.C20H25NO2/c1-15(25(31)32)11-20(28-24(30)19-13-21(26)23(29)22(27)14-19)12-16-7-9-18(10-8-16)17-5-3-2-4-6-17;1-3-23-20(22)15(2)13-19(21)14-16-9-11-18(12-10-16)17-7-5-4-6-8-17/h2-10,13-15,20,29H,11-12H2,1H3,(H,28,30)(H,31,32);4-12,15,19H,3,13-14,21H2,1-2H3/t15-,20+;15-,19+/m11/s1. The molecule has 0 saturated heterocycles. The van der Waals surface area contributed by atoms with Crippen molar-refractivity contribution in [3.05, 3.63) is 150 Å². The van der Waals surface area contributed by atoms with Gasteiger partial charge in [0.05, 0.1) is 18.4 Å². The van der Waals surface area contributed by atoms with E-state index in [9.17, 15) is 33.4 Å². The highest BCUT2D eigenvalue weighted by Gasteiger charge is 2.23. The molecule has 5 aromatic carbocycles. The highest BCUT2D eigenvalue weighted by Crippen LogP contribution is 2.24. The molecule has 5 aromatic rings. The number of nitrogens with two attached hydrogens (primary N) is 1. The Balaban J connectivity index is 0.000000258. The maximum atomic E-state index is 13.6. The molecule has 0 aliphatic rings. The van der Waals surface area contributed by atoms with Gasteiger partial charge >= 0.3 is 11.9 Å². The van der Waals surface area contributed by atoms with Crippen LogP contribution in [0.3, 0.4) is 0 Å². The number of esters is 1. The molecule has 5 rings (SSSR count). The topological polar surface area (TPSA) is 139 Å². The molecule has 1 amide bonds. The van der Waals surface area contributed by atoms with Crippen molar-refractivity contribution in [2.45, 2.75) is 58.5 Å². The van der Waals surface area contributed by atoms with Gasteiger partial charge in [-0.3, -0.25) is 14.4 Å². The Labute approximate surface area is 321 Å². The van der Waals surface area contributed by atoms with Crippen LogP contribution in [-0.4, -0.2) is 46.7 Å². The van der Waals surface area contributed by atoms with E-state index in [1.807, 2.05) is 86.6 Å². The summed E-state index contributed by atoms with van der Waals surface area (Å²) in [5.41, 5.74) is 12.4. The van der Waals surface area contributed by atoms with Gasteiger partial charge in [0, 0.05) is 17.6 Å². The van der Waals surface area contributed by atoms with Gasteiger partial charge in [-0.1, -0.05) is 123 Å². The molecular weight excluding hydrogens is 702 g/mol. The number of carboxylic acid groups (broad SMARTS) is 1. The first kappa shape index (κ1) is 41.9.